The smallest absolute Gasteiger partial charge is 0.267 e. The molecule has 0 radical (unpaired) electrons. The monoisotopic (exact) mass is 291 g/mol. The highest BCUT2D eigenvalue weighted by Gasteiger charge is 2.25. The summed E-state index contributed by atoms with van der Waals surface area (Å²) in [5.74, 6) is 0. The van der Waals surface area contributed by atoms with Crippen molar-refractivity contribution in [1.82, 2.24) is 4.98 Å². The number of aromatic nitrogens is 1. The first-order chi connectivity index (χ1) is 9.25. The minimum atomic E-state index is -3.80. The van der Waals surface area contributed by atoms with Crippen LogP contribution in [0.1, 0.15) is 22.4 Å². The fraction of sp³-hybridized carbons (Fsp3) is 0.267. The van der Waals surface area contributed by atoms with Gasteiger partial charge in [-0.15, -0.1) is 0 Å². The number of pyridine rings is 1. The number of hydrogen-bond acceptors (Lipinski definition) is 3. The Hall–Kier alpha value is -1.88. The van der Waals surface area contributed by atoms with Gasteiger partial charge in [0.15, 0.2) is 0 Å². The van der Waals surface area contributed by atoms with Crippen LogP contribution in [0.25, 0.3) is 0 Å². The third kappa shape index (κ3) is 2.29. The Labute approximate surface area is 118 Å². The standard InChI is InChI=1S/C15H17NO3S/c1-9-5-7-13(8-6-9)20(18,19)14-11(3)10(2)12(4)16-15(14)17/h5-8H,1-4H3,(H,16,17). The predicted molar refractivity (Wildman–Crippen MR) is 77.9 cm³/mol. The summed E-state index contributed by atoms with van der Waals surface area (Å²) in [4.78, 5) is 14.6. The minimum Gasteiger partial charge on any atom is -0.325 e. The average molecular weight is 291 g/mol. The highest BCUT2D eigenvalue weighted by molar-refractivity contribution is 7.91. The fourth-order valence-electron chi connectivity index (χ4n) is 2.10. The SMILES string of the molecule is Cc1ccc(S(=O)(=O)c2c(C)c(C)c(C)[nH]c2=O)cc1. The second-order valence-electron chi connectivity index (χ2n) is 4.97. The third-order valence-electron chi connectivity index (χ3n) is 3.57. The van der Waals surface area contributed by atoms with Gasteiger partial charge >= 0.3 is 0 Å². The second-order valence-corrected chi connectivity index (χ2v) is 6.86. The largest absolute Gasteiger partial charge is 0.325 e. The summed E-state index contributed by atoms with van der Waals surface area (Å²) in [5, 5.41) is 0. The minimum absolute atomic E-state index is 0.139. The topological polar surface area (TPSA) is 67.0 Å². The molecule has 4 nitrogen and oxygen atoms in total. The van der Waals surface area contributed by atoms with Crippen LogP contribution < -0.4 is 5.56 Å². The van der Waals surface area contributed by atoms with Crippen LogP contribution in [0.3, 0.4) is 0 Å². The van der Waals surface area contributed by atoms with Crippen molar-refractivity contribution in [3.8, 4) is 0 Å². The summed E-state index contributed by atoms with van der Waals surface area (Å²) < 4.78 is 25.3. The number of hydrogen-bond donors (Lipinski definition) is 1. The van der Waals surface area contributed by atoms with E-state index in [1.165, 1.54) is 12.1 Å². The lowest BCUT2D eigenvalue weighted by Gasteiger charge is -2.11. The van der Waals surface area contributed by atoms with Crippen molar-refractivity contribution in [2.24, 2.45) is 0 Å². The van der Waals surface area contributed by atoms with Gasteiger partial charge in [0.05, 0.1) is 4.90 Å². The van der Waals surface area contributed by atoms with Gasteiger partial charge in [0.1, 0.15) is 4.90 Å². The Morgan fingerprint density at radius 2 is 1.45 bits per heavy atom. The molecule has 0 atom stereocenters. The maximum absolute atomic E-state index is 12.6. The lowest BCUT2D eigenvalue weighted by molar-refractivity contribution is 0.593. The molecule has 0 amide bonds. The zero-order chi connectivity index (χ0) is 15.1. The molecular formula is C15H17NO3S. The molecule has 20 heavy (non-hydrogen) atoms. The zero-order valence-electron chi connectivity index (χ0n) is 11.9. The lowest BCUT2D eigenvalue weighted by atomic mass is 10.1. The highest BCUT2D eigenvalue weighted by Crippen LogP contribution is 2.23. The normalized spacial score (nSPS) is 11.6. The van der Waals surface area contributed by atoms with E-state index >= 15 is 0 Å². The molecule has 0 saturated carbocycles. The first-order valence-electron chi connectivity index (χ1n) is 6.27. The van der Waals surface area contributed by atoms with Gasteiger partial charge in [-0.25, -0.2) is 8.42 Å². The van der Waals surface area contributed by atoms with Crippen molar-refractivity contribution in [1.29, 1.82) is 0 Å². The van der Waals surface area contributed by atoms with E-state index in [9.17, 15) is 13.2 Å². The molecule has 0 fully saturated rings. The first kappa shape index (κ1) is 14.5. The molecule has 0 spiro atoms. The van der Waals surface area contributed by atoms with E-state index in [2.05, 4.69) is 4.98 Å². The molecule has 5 heteroatoms. The Kier molecular flexibility index (Phi) is 3.56. The molecule has 1 N–H and O–H groups in total. The van der Waals surface area contributed by atoms with Gasteiger partial charge in [-0.05, 0) is 51.0 Å². The van der Waals surface area contributed by atoms with Gasteiger partial charge in [0.25, 0.3) is 5.56 Å². The summed E-state index contributed by atoms with van der Waals surface area (Å²) in [7, 11) is -3.80. The van der Waals surface area contributed by atoms with Crippen molar-refractivity contribution in [2.45, 2.75) is 37.5 Å². The van der Waals surface area contributed by atoms with Crippen LogP contribution in [0.2, 0.25) is 0 Å². The number of nitrogens with one attached hydrogen (secondary N) is 1. The van der Waals surface area contributed by atoms with Crippen molar-refractivity contribution >= 4 is 9.84 Å². The van der Waals surface area contributed by atoms with E-state index < -0.39 is 15.4 Å². The van der Waals surface area contributed by atoms with E-state index in [0.29, 0.717) is 11.3 Å². The Morgan fingerprint density at radius 3 is 2.00 bits per heavy atom. The molecule has 1 aromatic heterocycles. The summed E-state index contributed by atoms with van der Waals surface area (Å²) in [6.45, 7) is 7.10. The van der Waals surface area contributed by atoms with Crippen molar-refractivity contribution in [2.75, 3.05) is 0 Å². The number of benzene rings is 1. The predicted octanol–water partition coefficient (Wildman–Crippen LogP) is 2.44. The number of aromatic amines is 1. The summed E-state index contributed by atoms with van der Waals surface area (Å²) in [5.41, 5.74) is 2.39. The lowest BCUT2D eigenvalue weighted by Crippen LogP contribution is -2.21. The number of rotatable bonds is 2. The quantitative estimate of drug-likeness (QED) is 0.924. The van der Waals surface area contributed by atoms with E-state index in [4.69, 9.17) is 0 Å². The van der Waals surface area contributed by atoms with E-state index in [1.807, 2.05) is 6.92 Å². The maximum atomic E-state index is 12.6. The third-order valence-corrected chi connectivity index (χ3v) is 5.49. The van der Waals surface area contributed by atoms with Crippen LogP contribution in [0.15, 0.2) is 38.9 Å². The highest BCUT2D eigenvalue weighted by atomic mass is 32.2. The van der Waals surface area contributed by atoms with Gasteiger partial charge in [-0.3, -0.25) is 4.79 Å². The second kappa shape index (κ2) is 4.90. The van der Waals surface area contributed by atoms with Gasteiger partial charge in [-0.1, -0.05) is 17.7 Å². The Balaban J connectivity index is 2.77. The van der Waals surface area contributed by atoms with Crippen LogP contribution in [0, 0.1) is 27.7 Å². The first-order valence-corrected chi connectivity index (χ1v) is 7.75. The Morgan fingerprint density at radius 1 is 0.900 bits per heavy atom. The summed E-state index contributed by atoms with van der Waals surface area (Å²) in [6.07, 6.45) is 0. The summed E-state index contributed by atoms with van der Waals surface area (Å²) >= 11 is 0. The maximum Gasteiger partial charge on any atom is 0.267 e. The van der Waals surface area contributed by atoms with Crippen molar-refractivity contribution in [3.63, 3.8) is 0 Å². The molecular weight excluding hydrogens is 274 g/mol. The molecule has 0 aliphatic rings. The number of H-pyrrole nitrogens is 1. The molecule has 0 saturated heterocycles. The molecule has 106 valence electrons. The van der Waals surface area contributed by atoms with Crippen LogP contribution in [0.5, 0.6) is 0 Å². The van der Waals surface area contributed by atoms with E-state index in [0.717, 1.165) is 11.1 Å². The van der Waals surface area contributed by atoms with E-state index in [-0.39, 0.29) is 9.79 Å². The van der Waals surface area contributed by atoms with Crippen LogP contribution in [-0.4, -0.2) is 13.4 Å². The molecule has 0 aliphatic heterocycles. The average Bonchev–Trinajstić information content (AvgIpc) is 2.36. The van der Waals surface area contributed by atoms with Crippen molar-refractivity contribution in [3.05, 3.63) is 57.0 Å². The molecule has 0 aliphatic carbocycles. The zero-order valence-corrected chi connectivity index (χ0v) is 12.8. The van der Waals surface area contributed by atoms with Gasteiger partial charge in [0.2, 0.25) is 9.84 Å². The molecule has 2 rings (SSSR count). The van der Waals surface area contributed by atoms with Crippen molar-refractivity contribution < 1.29 is 8.42 Å². The fourth-order valence-corrected chi connectivity index (χ4v) is 3.68. The molecule has 1 aromatic carbocycles. The molecule has 0 bridgehead atoms. The number of aryl methyl sites for hydroxylation is 2. The Bertz CT molecular complexity index is 815. The molecule has 1 heterocycles. The van der Waals surface area contributed by atoms with Crippen LogP contribution in [-0.2, 0) is 9.84 Å². The number of sulfone groups is 1. The van der Waals surface area contributed by atoms with Gasteiger partial charge in [-0.2, -0.15) is 0 Å². The van der Waals surface area contributed by atoms with Crippen LogP contribution in [0.4, 0.5) is 0 Å². The van der Waals surface area contributed by atoms with E-state index in [1.54, 1.807) is 32.9 Å². The summed E-state index contributed by atoms with van der Waals surface area (Å²) in [6, 6.07) is 6.49. The molecule has 2 aromatic rings. The van der Waals surface area contributed by atoms with Crippen LogP contribution >= 0.6 is 0 Å². The van der Waals surface area contributed by atoms with Gasteiger partial charge < -0.3 is 4.98 Å². The van der Waals surface area contributed by atoms with Gasteiger partial charge in [0, 0.05) is 5.69 Å². The molecule has 0 unspecified atom stereocenters.